The second-order valence-electron chi connectivity index (χ2n) is 12.8. The minimum Gasteiger partial charge on any atom is -0.496 e. The van der Waals surface area contributed by atoms with Crippen LogP contribution in [0.1, 0.15) is 37.7 Å². The number of fused-ring (bicyclic) bond motifs is 1. The molecule has 2 aliphatic rings. The molecule has 2 aromatic heterocycles. The summed E-state index contributed by atoms with van der Waals surface area (Å²) in [6.45, 7) is 3.29. The summed E-state index contributed by atoms with van der Waals surface area (Å²) in [5.41, 5.74) is 4.75. The zero-order valence-electron chi connectivity index (χ0n) is 28.6. The van der Waals surface area contributed by atoms with Crippen LogP contribution in [0.15, 0.2) is 53.6 Å². The van der Waals surface area contributed by atoms with Crippen molar-refractivity contribution in [2.75, 3.05) is 50.6 Å². The summed E-state index contributed by atoms with van der Waals surface area (Å²) in [5.74, 6) is 1.16. The van der Waals surface area contributed by atoms with E-state index in [0.29, 0.717) is 61.8 Å². The number of methoxy groups -OCH3 is 2. The fourth-order valence-electron chi connectivity index (χ4n) is 6.73. The van der Waals surface area contributed by atoms with Crippen LogP contribution in [-0.2, 0) is 28.0 Å². The van der Waals surface area contributed by atoms with E-state index in [-0.39, 0.29) is 23.3 Å². The molecule has 0 spiro atoms. The Labute approximate surface area is 289 Å². The second kappa shape index (κ2) is 15.5. The number of hydrogen-bond acceptors (Lipinski definition) is 10. The van der Waals surface area contributed by atoms with Gasteiger partial charge in [0.15, 0.2) is 0 Å². The molecule has 2 saturated heterocycles. The van der Waals surface area contributed by atoms with Crippen molar-refractivity contribution in [3.63, 3.8) is 0 Å². The number of ether oxygens (including phenoxy) is 2. The van der Waals surface area contributed by atoms with E-state index in [0.717, 1.165) is 59.4 Å². The van der Waals surface area contributed by atoms with E-state index in [1.165, 1.54) is 4.57 Å². The average molecular weight is 685 g/mol. The third-order valence-electron chi connectivity index (χ3n) is 9.53. The van der Waals surface area contributed by atoms with Gasteiger partial charge in [-0.25, -0.2) is 0 Å². The first-order chi connectivity index (χ1) is 24.2. The molecule has 0 bridgehead atoms. The SMILES string of the molecule is COc1cc(-c2cn(C)c(=O)c3[nH]ncc23)cc(OC)c1CNCCNC(=O)CC1CCN(c2ccc(NC3CCC(=O)NC3=O)cc2)CC1. The standard InChI is InChI=1S/C36H44N8O6/c1-43-21-28(26-20-39-42-34(26)36(43)48)23-17-30(49-2)27(31(18-23)50-3)19-37-12-13-38-33(46)16-22-10-14-44(15-11-22)25-6-4-24(5-7-25)40-29-8-9-32(45)41-35(29)47/h4-7,17-18,20-22,29,37,40H,8-16,19H2,1-3H3,(H,38,46)(H,39,42)(H,41,45,47). The summed E-state index contributed by atoms with van der Waals surface area (Å²) in [7, 11) is 4.93. The Kier molecular flexibility index (Phi) is 10.7. The van der Waals surface area contributed by atoms with Crippen molar-refractivity contribution >= 4 is 40.0 Å². The largest absolute Gasteiger partial charge is 0.496 e. The van der Waals surface area contributed by atoms with Crippen LogP contribution in [0.25, 0.3) is 22.0 Å². The Balaban J connectivity index is 0.938. The van der Waals surface area contributed by atoms with Crippen molar-refractivity contribution in [3.8, 4) is 22.6 Å². The Morgan fingerprint density at radius 2 is 1.72 bits per heavy atom. The van der Waals surface area contributed by atoms with Gasteiger partial charge in [0.25, 0.3) is 5.56 Å². The fraction of sp³-hybridized carbons (Fsp3) is 0.417. The van der Waals surface area contributed by atoms with Crippen LogP contribution in [-0.4, -0.2) is 78.9 Å². The number of nitrogens with zero attached hydrogens (tertiary/aromatic N) is 3. The first kappa shape index (κ1) is 34.5. The van der Waals surface area contributed by atoms with Crippen LogP contribution in [0.5, 0.6) is 11.5 Å². The number of amides is 3. The second-order valence-corrected chi connectivity index (χ2v) is 12.8. The lowest BCUT2D eigenvalue weighted by atomic mass is 9.93. The van der Waals surface area contributed by atoms with Crippen LogP contribution >= 0.6 is 0 Å². The number of imide groups is 1. The van der Waals surface area contributed by atoms with Gasteiger partial charge < -0.3 is 34.9 Å². The maximum atomic E-state index is 12.8. The van der Waals surface area contributed by atoms with Gasteiger partial charge in [-0.05, 0) is 67.1 Å². The van der Waals surface area contributed by atoms with Crippen molar-refractivity contribution in [2.24, 2.45) is 13.0 Å². The Bertz CT molecular complexity index is 1890. The van der Waals surface area contributed by atoms with E-state index in [1.54, 1.807) is 33.7 Å². The number of aromatic amines is 1. The zero-order chi connectivity index (χ0) is 35.2. The lowest BCUT2D eigenvalue weighted by molar-refractivity contribution is -0.133. The highest BCUT2D eigenvalue weighted by Gasteiger charge is 2.27. The van der Waals surface area contributed by atoms with Crippen LogP contribution in [0, 0.1) is 5.92 Å². The number of hydrogen-bond donors (Lipinski definition) is 5. The third-order valence-corrected chi connectivity index (χ3v) is 9.53. The number of carbonyl (C=O) groups is 3. The monoisotopic (exact) mass is 684 g/mol. The number of benzene rings is 2. The van der Waals surface area contributed by atoms with Gasteiger partial charge in [-0.1, -0.05) is 0 Å². The molecule has 6 rings (SSSR count). The third kappa shape index (κ3) is 7.75. The Morgan fingerprint density at radius 1 is 1.00 bits per heavy atom. The zero-order valence-corrected chi connectivity index (χ0v) is 28.6. The summed E-state index contributed by atoms with van der Waals surface area (Å²) in [6.07, 6.45) is 6.62. The molecule has 1 unspecified atom stereocenters. The maximum absolute atomic E-state index is 12.8. The Morgan fingerprint density at radius 3 is 2.40 bits per heavy atom. The molecule has 0 radical (unpaired) electrons. The first-order valence-electron chi connectivity index (χ1n) is 16.9. The van der Waals surface area contributed by atoms with Crippen molar-refractivity contribution in [3.05, 3.63) is 64.7 Å². The van der Waals surface area contributed by atoms with E-state index < -0.39 is 6.04 Å². The average Bonchev–Trinajstić information content (AvgIpc) is 3.62. The predicted molar refractivity (Wildman–Crippen MR) is 190 cm³/mol. The smallest absolute Gasteiger partial charge is 0.276 e. The summed E-state index contributed by atoms with van der Waals surface area (Å²) in [4.78, 5) is 51.0. The lowest BCUT2D eigenvalue weighted by Gasteiger charge is -2.33. The molecular weight excluding hydrogens is 640 g/mol. The van der Waals surface area contributed by atoms with E-state index in [9.17, 15) is 19.2 Å². The fourth-order valence-corrected chi connectivity index (χ4v) is 6.73. The molecule has 0 aliphatic carbocycles. The van der Waals surface area contributed by atoms with Crippen LogP contribution in [0.4, 0.5) is 11.4 Å². The van der Waals surface area contributed by atoms with Crippen molar-refractivity contribution < 1.29 is 23.9 Å². The summed E-state index contributed by atoms with van der Waals surface area (Å²) < 4.78 is 13.0. The summed E-state index contributed by atoms with van der Waals surface area (Å²) in [6, 6.07) is 11.4. The van der Waals surface area contributed by atoms with Crippen molar-refractivity contribution in [1.29, 1.82) is 0 Å². The van der Waals surface area contributed by atoms with Crippen LogP contribution < -0.4 is 41.2 Å². The molecular formula is C36H44N8O6. The molecule has 1 atom stereocenters. The molecule has 4 aromatic rings. The number of carbonyl (C=O) groups excluding carboxylic acids is 3. The topological polar surface area (TPSA) is 172 Å². The van der Waals surface area contributed by atoms with Crippen molar-refractivity contribution in [2.45, 2.75) is 44.7 Å². The summed E-state index contributed by atoms with van der Waals surface area (Å²) >= 11 is 0. The highest BCUT2D eigenvalue weighted by Crippen LogP contribution is 2.37. The number of aromatic nitrogens is 3. The minimum atomic E-state index is -0.406. The number of pyridine rings is 1. The quantitative estimate of drug-likeness (QED) is 0.104. The summed E-state index contributed by atoms with van der Waals surface area (Å²) in [5, 5.41) is 19.6. The molecule has 264 valence electrons. The van der Waals surface area contributed by atoms with E-state index in [4.69, 9.17) is 9.47 Å². The number of nitrogens with one attached hydrogen (secondary N) is 5. The molecule has 50 heavy (non-hydrogen) atoms. The van der Waals surface area contributed by atoms with Gasteiger partial charge in [-0.15, -0.1) is 0 Å². The predicted octanol–water partition coefficient (Wildman–Crippen LogP) is 2.68. The molecule has 2 fully saturated rings. The van der Waals surface area contributed by atoms with Gasteiger partial charge in [-0.2, -0.15) is 5.10 Å². The van der Waals surface area contributed by atoms with Gasteiger partial charge >= 0.3 is 0 Å². The normalized spacial score (nSPS) is 16.7. The van der Waals surface area contributed by atoms with E-state index in [2.05, 4.69) is 36.4 Å². The molecule has 2 aromatic carbocycles. The van der Waals surface area contributed by atoms with Gasteiger partial charge in [-0.3, -0.25) is 29.6 Å². The van der Waals surface area contributed by atoms with E-state index in [1.807, 2.05) is 36.4 Å². The van der Waals surface area contributed by atoms with Gasteiger partial charge in [0.1, 0.15) is 23.1 Å². The first-order valence-corrected chi connectivity index (χ1v) is 16.9. The molecule has 3 amide bonds. The number of piperidine rings is 2. The highest BCUT2D eigenvalue weighted by atomic mass is 16.5. The highest BCUT2D eigenvalue weighted by molar-refractivity contribution is 6.01. The molecule has 0 saturated carbocycles. The number of H-pyrrole nitrogens is 1. The Hall–Kier alpha value is -5.37. The van der Waals surface area contributed by atoms with Gasteiger partial charge in [0.2, 0.25) is 17.7 Å². The molecule has 14 heteroatoms. The lowest BCUT2D eigenvalue weighted by Crippen LogP contribution is -2.47. The minimum absolute atomic E-state index is 0.0523. The molecule has 14 nitrogen and oxygen atoms in total. The van der Waals surface area contributed by atoms with E-state index >= 15 is 0 Å². The molecule has 2 aliphatic heterocycles. The maximum Gasteiger partial charge on any atom is 0.276 e. The number of aryl methyl sites for hydroxylation is 1. The van der Waals surface area contributed by atoms with Crippen molar-refractivity contribution in [1.82, 2.24) is 30.7 Å². The van der Waals surface area contributed by atoms with Crippen LogP contribution in [0.2, 0.25) is 0 Å². The number of anilines is 2. The van der Waals surface area contributed by atoms with Crippen LogP contribution in [0.3, 0.4) is 0 Å². The molecule has 5 N–H and O–H groups in total. The number of rotatable bonds is 13. The van der Waals surface area contributed by atoms with Gasteiger partial charge in [0, 0.05) is 86.7 Å². The van der Waals surface area contributed by atoms with Gasteiger partial charge in [0.05, 0.1) is 20.4 Å². The molecule has 4 heterocycles.